The average molecular weight is 145 g/mol. The van der Waals surface area contributed by atoms with Crippen LogP contribution in [0.1, 0.15) is 0 Å². The van der Waals surface area contributed by atoms with Crippen LogP contribution in [0, 0.1) is 0 Å². The van der Waals surface area contributed by atoms with Gasteiger partial charge in [-0.3, -0.25) is 0 Å². The van der Waals surface area contributed by atoms with Crippen molar-refractivity contribution in [3.05, 3.63) is 0 Å². The van der Waals surface area contributed by atoms with Crippen LogP contribution >= 0.6 is 0 Å². The number of rotatable bonds is 0. The van der Waals surface area contributed by atoms with Crippen LogP contribution in [0.4, 0.5) is 4.32 Å². The van der Waals surface area contributed by atoms with Crippen molar-refractivity contribution < 1.29 is 39.3 Å². The minimum atomic E-state index is -3.17. The summed E-state index contributed by atoms with van der Waals surface area (Å²) in [5.41, 5.74) is 0. The predicted octanol–water partition coefficient (Wildman–Crippen LogP) is -3.17. The van der Waals surface area contributed by atoms with Gasteiger partial charge >= 0.3 is 19.5 Å². The Morgan fingerprint density at radius 2 is 1.33 bits per heavy atom. The summed E-state index contributed by atoms with van der Waals surface area (Å²) in [5, 5.41) is 16.6. The van der Waals surface area contributed by atoms with E-state index in [4.69, 9.17) is 10.0 Å². The molecule has 0 aromatic rings. The van der Waals surface area contributed by atoms with Crippen molar-refractivity contribution in [2.45, 2.75) is 0 Å². The van der Waals surface area contributed by atoms with E-state index in [-0.39, 0.29) is 25.0 Å². The van der Waals surface area contributed by atoms with Gasteiger partial charge in [0.15, 0.2) is 0 Å². The molecule has 0 radical (unpaired) electrons. The van der Waals surface area contributed by atoms with Gasteiger partial charge in [0, 0.05) is 0 Å². The molecular formula is H2BFO3Zn. The maximum atomic E-state index is 9.89. The second-order valence-corrected chi connectivity index (χ2v) is 0.274. The zero-order valence-corrected chi connectivity index (χ0v) is 5.95. The van der Waals surface area contributed by atoms with Crippen LogP contribution in [0.3, 0.4) is 0 Å². The fraction of sp³-hybridized carbons (Fsp3) is 0. The molecule has 6 heteroatoms. The molecule has 0 saturated heterocycles. The Labute approximate surface area is 47.4 Å². The Bertz CT molecular complexity index is 15.5. The van der Waals surface area contributed by atoms with Crippen LogP contribution in [0.5, 0.6) is 0 Å². The Morgan fingerprint density at radius 3 is 1.33 bits per heavy atom. The average Bonchev–Trinajstić information content (AvgIpc) is 0.811. The molecule has 0 rings (SSSR count). The van der Waals surface area contributed by atoms with Crippen molar-refractivity contribution in [2.24, 2.45) is 0 Å². The molecule has 0 unspecified atom stereocenters. The topological polar surface area (TPSA) is 77.6 Å². The molecular weight excluding hydrogens is 143 g/mol. The molecule has 0 spiro atoms. The first kappa shape index (κ1) is 16.1. The van der Waals surface area contributed by atoms with Gasteiger partial charge in [0.1, 0.15) is 7.40 Å². The largest absolute Gasteiger partial charge is 2.00 e. The molecule has 0 atom stereocenters. The van der Waals surface area contributed by atoms with Crippen molar-refractivity contribution in [1.82, 2.24) is 0 Å². The number of hydrogen-bond donors (Lipinski definition) is 0. The smallest absolute Gasteiger partial charge is 0.867 e. The summed E-state index contributed by atoms with van der Waals surface area (Å²) >= 11 is 0. The summed E-state index contributed by atoms with van der Waals surface area (Å²) < 4.78 is 9.89. The SMILES string of the molecule is O.[O-]B([O-])F.[Zn+2]. The number of halogens is 1. The van der Waals surface area contributed by atoms with E-state index in [0.29, 0.717) is 0 Å². The molecule has 0 saturated carbocycles. The molecule has 2 N–H and O–H groups in total. The van der Waals surface area contributed by atoms with Crippen molar-refractivity contribution in [3.63, 3.8) is 0 Å². The van der Waals surface area contributed by atoms with Crippen LogP contribution in [-0.4, -0.2) is 12.9 Å². The quantitative estimate of drug-likeness (QED) is 0.337. The maximum absolute atomic E-state index is 9.89. The zero-order chi connectivity index (χ0) is 3.58. The molecule has 0 heterocycles. The van der Waals surface area contributed by atoms with E-state index in [0.717, 1.165) is 0 Å². The molecule has 0 aliphatic carbocycles. The van der Waals surface area contributed by atoms with Gasteiger partial charge in [-0.1, -0.05) is 0 Å². The molecule has 3 nitrogen and oxygen atoms in total. The van der Waals surface area contributed by atoms with Gasteiger partial charge < -0.3 is 19.8 Å². The van der Waals surface area contributed by atoms with Gasteiger partial charge in [-0.15, -0.1) is 0 Å². The summed E-state index contributed by atoms with van der Waals surface area (Å²) in [4.78, 5) is 0. The molecule has 0 bridgehead atoms. The van der Waals surface area contributed by atoms with E-state index in [1.165, 1.54) is 0 Å². The van der Waals surface area contributed by atoms with E-state index >= 15 is 0 Å². The van der Waals surface area contributed by atoms with Crippen molar-refractivity contribution in [1.29, 1.82) is 0 Å². The summed E-state index contributed by atoms with van der Waals surface area (Å²) in [6.07, 6.45) is 0. The first-order valence-electron chi connectivity index (χ1n) is 0.690. The predicted molar refractivity (Wildman–Crippen MR) is 10.5 cm³/mol. The van der Waals surface area contributed by atoms with E-state index in [2.05, 4.69) is 0 Å². The first-order chi connectivity index (χ1) is 1.73. The minimum Gasteiger partial charge on any atom is -0.867 e. The Balaban J connectivity index is -0.0000000450. The van der Waals surface area contributed by atoms with E-state index in [9.17, 15) is 4.32 Å². The van der Waals surface area contributed by atoms with Gasteiger partial charge in [-0.2, -0.15) is 0 Å². The van der Waals surface area contributed by atoms with Crippen molar-refractivity contribution >= 4 is 7.40 Å². The van der Waals surface area contributed by atoms with Crippen LogP contribution in [0.15, 0.2) is 0 Å². The van der Waals surface area contributed by atoms with Crippen LogP contribution in [0.2, 0.25) is 0 Å². The van der Waals surface area contributed by atoms with E-state index < -0.39 is 7.40 Å². The van der Waals surface area contributed by atoms with Crippen molar-refractivity contribution in [2.75, 3.05) is 0 Å². The third-order valence-corrected chi connectivity index (χ3v) is 0. The molecule has 0 aromatic carbocycles. The number of hydrogen-bond acceptors (Lipinski definition) is 2. The van der Waals surface area contributed by atoms with Crippen molar-refractivity contribution in [3.8, 4) is 0 Å². The molecule has 32 valence electrons. The fourth-order valence-corrected chi connectivity index (χ4v) is 0. The first-order valence-corrected chi connectivity index (χ1v) is 0.690. The van der Waals surface area contributed by atoms with E-state index in [1.807, 2.05) is 0 Å². The summed E-state index contributed by atoms with van der Waals surface area (Å²) in [7, 11) is -3.17. The molecule has 0 amide bonds. The zero-order valence-electron chi connectivity index (χ0n) is 2.98. The minimum absolute atomic E-state index is 0. The Kier molecular flexibility index (Phi) is 24.3. The van der Waals surface area contributed by atoms with E-state index in [1.54, 1.807) is 0 Å². The van der Waals surface area contributed by atoms with Gasteiger partial charge in [0.25, 0.3) is 0 Å². The summed E-state index contributed by atoms with van der Waals surface area (Å²) in [6, 6.07) is 0. The fourth-order valence-electron chi connectivity index (χ4n) is 0. The second kappa shape index (κ2) is 9.09. The maximum Gasteiger partial charge on any atom is 2.00 e. The Hall–Kier alpha value is 0.498. The molecule has 0 aliphatic rings. The van der Waals surface area contributed by atoms with Gasteiger partial charge in [-0.05, 0) is 0 Å². The van der Waals surface area contributed by atoms with Gasteiger partial charge in [0.2, 0.25) is 0 Å². The monoisotopic (exact) mass is 144 g/mol. The van der Waals surface area contributed by atoms with Crippen LogP contribution < -0.4 is 10.0 Å². The third kappa shape index (κ3) is 222. The Morgan fingerprint density at radius 1 is 1.33 bits per heavy atom. The van der Waals surface area contributed by atoms with Gasteiger partial charge in [0.05, 0.1) is 0 Å². The third-order valence-electron chi connectivity index (χ3n) is 0. The molecule has 0 fully saturated rings. The molecule has 6 heavy (non-hydrogen) atoms. The summed E-state index contributed by atoms with van der Waals surface area (Å²) in [5.74, 6) is 0. The summed E-state index contributed by atoms with van der Waals surface area (Å²) in [6.45, 7) is 0. The van der Waals surface area contributed by atoms with Crippen LogP contribution in [0.25, 0.3) is 0 Å². The normalized spacial score (nSPS) is 4.50. The van der Waals surface area contributed by atoms with Crippen LogP contribution in [-0.2, 0) is 19.5 Å². The standard InChI is InChI=1S/BFO2.H2O.Zn/c2-1(3)4;;/h;1H2;/q-2;;+2. The molecule has 0 aromatic heterocycles. The van der Waals surface area contributed by atoms with Gasteiger partial charge in [-0.25, -0.2) is 0 Å². The second-order valence-electron chi connectivity index (χ2n) is 0.274. The molecule has 0 aliphatic heterocycles.